The molecular weight excluding hydrogens is 489 g/mol. The fraction of sp³-hybridized carbons (Fsp3) is 0. The number of hydrogen-bond acceptors (Lipinski definition) is 5. The van der Waals surface area contributed by atoms with Crippen molar-refractivity contribution in [2.75, 3.05) is 15.5 Å². The number of halogens is 3. The number of anilines is 3. The molecule has 7 nitrogen and oxygen atoms in total. The third-order valence-electron chi connectivity index (χ3n) is 4.76. The Labute approximate surface area is 203 Å². The highest BCUT2D eigenvalue weighted by molar-refractivity contribution is 6.53. The second-order valence-electron chi connectivity index (χ2n) is 6.91. The maximum atomic E-state index is 12.9. The molecule has 4 rings (SSSR count). The first-order chi connectivity index (χ1) is 15.8. The number of hydrogen-bond donors (Lipinski definition) is 3. The van der Waals surface area contributed by atoms with Crippen LogP contribution in [0.3, 0.4) is 0 Å². The number of imide groups is 1. The monoisotopic (exact) mass is 501 g/mol. The van der Waals surface area contributed by atoms with E-state index in [1.54, 1.807) is 30.3 Å². The molecule has 3 N–H and O–H groups in total. The van der Waals surface area contributed by atoms with Gasteiger partial charge in [-0.15, -0.1) is 0 Å². The second kappa shape index (κ2) is 9.15. The van der Waals surface area contributed by atoms with E-state index in [0.717, 1.165) is 4.90 Å². The van der Waals surface area contributed by atoms with Gasteiger partial charge < -0.3 is 15.7 Å². The standard InChI is InChI=1S/C23H14Cl3N3O4/c24-15-10-9-14(11-16(15)25)29-22(32)19(26)20(23(29)33)27-13-7-5-12(6-8-13)21(31)28-17-3-1-2-4-18(17)30/h1-11,27,30H,(H,28,31). The van der Waals surface area contributed by atoms with Gasteiger partial charge in [-0.25, -0.2) is 4.90 Å². The lowest BCUT2D eigenvalue weighted by atomic mass is 10.2. The molecule has 0 aliphatic carbocycles. The molecule has 3 aromatic rings. The van der Waals surface area contributed by atoms with Gasteiger partial charge in [0.05, 0.1) is 21.4 Å². The molecule has 0 fully saturated rings. The zero-order valence-corrected chi connectivity index (χ0v) is 18.9. The minimum absolute atomic E-state index is 0.0540. The fourth-order valence-electron chi connectivity index (χ4n) is 3.09. The maximum absolute atomic E-state index is 12.9. The van der Waals surface area contributed by atoms with Crippen molar-refractivity contribution >= 4 is 69.6 Å². The summed E-state index contributed by atoms with van der Waals surface area (Å²) in [5.41, 5.74) is 1.14. The van der Waals surface area contributed by atoms with Crippen molar-refractivity contribution in [3.63, 3.8) is 0 Å². The Morgan fingerprint density at radius 1 is 0.848 bits per heavy atom. The molecule has 1 aliphatic rings. The largest absolute Gasteiger partial charge is 0.506 e. The number of carbonyl (C=O) groups excluding carboxylic acids is 3. The highest BCUT2D eigenvalue weighted by Crippen LogP contribution is 2.33. The number of nitrogens with zero attached hydrogens (tertiary/aromatic N) is 1. The maximum Gasteiger partial charge on any atom is 0.283 e. The van der Waals surface area contributed by atoms with Crippen LogP contribution in [0, 0.1) is 0 Å². The quantitative estimate of drug-likeness (QED) is 0.321. The van der Waals surface area contributed by atoms with Crippen molar-refractivity contribution in [2.24, 2.45) is 0 Å². The molecule has 1 aliphatic heterocycles. The van der Waals surface area contributed by atoms with Crippen LogP contribution in [0.1, 0.15) is 10.4 Å². The molecule has 3 aromatic carbocycles. The predicted molar refractivity (Wildman–Crippen MR) is 128 cm³/mol. The Kier molecular flexibility index (Phi) is 6.29. The molecule has 0 aromatic heterocycles. The number of amides is 3. The Bertz CT molecular complexity index is 1320. The topological polar surface area (TPSA) is 98.7 Å². The van der Waals surface area contributed by atoms with E-state index in [0.29, 0.717) is 11.3 Å². The predicted octanol–water partition coefficient (Wildman–Crippen LogP) is 5.39. The highest BCUT2D eigenvalue weighted by Gasteiger charge is 2.39. The molecule has 0 saturated carbocycles. The number of carbonyl (C=O) groups is 3. The van der Waals surface area contributed by atoms with Crippen LogP contribution in [0.2, 0.25) is 10.0 Å². The molecule has 33 heavy (non-hydrogen) atoms. The van der Waals surface area contributed by atoms with Gasteiger partial charge in [0.1, 0.15) is 16.5 Å². The second-order valence-corrected chi connectivity index (χ2v) is 8.10. The lowest BCUT2D eigenvalue weighted by Gasteiger charge is -2.15. The van der Waals surface area contributed by atoms with Gasteiger partial charge in [-0.05, 0) is 54.6 Å². The number of phenolic OH excluding ortho intramolecular Hbond substituents is 1. The SMILES string of the molecule is O=C(Nc1ccccc1O)c1ccc(NC2=C(Cl)C(=O)N(c3ccc(Cl)c(Cl)c3)C2=O)cc1. The smallest absolute Gasteiger partial charge is 0.283 e. The summed E-state index contributed by atoms with van der Waals surface area (Å²) in [6.07, 6.45) is 0. The van der Waals surface area contributed by atoms with Gasteiger partial charge in [0.2, 0.25) is 0 Å². The zero-order chi connectivity index (χ0) is 23.7. The lowest BCUT2D eigenvalue weighted by Crippen LogP contribution is -2.32. The summed E-state index contributed by atoms with van der Waals surface area (Å²) in [7, 11) is 0. The van der Waals surface area contributed by atoms with E-state index >= 15 is 0 Å². The molecule has 166 valence electrons. The third kappa shape index (κ3) is 4.52. The van der Waals surface area contributed by atoms with Crippen LogP contribution in [0.4, 0.5) is 17.1 Å². The van der Waals surface area contributed by atoms with Gasteiger partial charge in [-0.1, -0.05) is 46.9 Å². The van der Waals surface area contributed by atoms with Crippen molar-refractivity contribution in [3.05, 3.63) is 93.1 Å². The molecular formula is C23H14Cl3N3O4. The van der Waals surface area contributed by atoms with E-state index in [4.69, 9.17) is 34.8 Å². The molecule has 0 spiro atoms. The van der Waals surface area contributed by atoms with Crippen molar-refractivity contribution in [3.8, 4) is 5.75 Å². The van der Waals surface area contributed by atoms with Crippen LogP contribution in [0.5, 0.6) is 5.75 Å². The van der Waals surface area contributed by atoms with E-state index in [-0.39, 0.29) is 37.9 Å². The summed E-state index contributed by atoms with van der Waals surface area (Å²) in [6, 6.07) is 16.8. The number of aromatic hydroxyl groups is 1. The van der Waals surface area contributed by atoms with Crippen molar-refractivity contribution in [2.45, 2.75) is 0 Å². The molecule has 10 heteroatoms. The van der Waals surface area contributed by atoms with E-state index < -0.39 is 17.7 Å². The number of phenols is 1. The molecule has 0 atom stereocenters. The zero-order valence-electron chi connectivity index (χ0n) is 16.6. The van der Waals surface area contributed by atoms with Gasteiger partial charge in [0.25, 0.3) is 17.7 Å². The van der Waals surface area contributed by atoms with Gasteiger partial charge in [0, 0.05) is 11.3 Å². The Hall–Kier alpha value is -3.52. The minimum atomic E-state index is -0.707. The first kappa shape index (κ1) is 22.7. The Morgan fingerprint density at radius 2 is 1.55 bits per heavy atom. The molecule has 0 saturated heterocycles. The van der Waals surface area contributed by atoms with Crippen molar-refractivity contribution in [1.82, 2.24) is 0 Å². The average molecular weight is 503 g/mol. The van der Waals surface area contributed by atoms with Gasteiger partial charge in [-0.3, -0.25) is 14.4 Å². The van der Waals surface area contributed by atoms with E-state index in [1.165, 1.54) is 36.4 Å². The van der Waals surface area contributed by atoms with Crippen LogP contribution in [-0.2, 0) is 9.59 Å². The minimum Gasteiger partial charge on any atom is -0.506 e. The summed E-state index contributed by atoms with van der Waals surface area (Å²) in [5, 5.41) is 15.4. The summed E-state index contributed by atoms with van der Waals surface area (Å²) in [6.45, 7) is 0. The first-order valence-electron chi connectivity index (χ1n) is 9.46. The summed E-state index contributed by atoms with van der Waals surface area (Å²) < 4.78 is 0. The summed E-state index contributed by atoms with van der Waals surface area (Å²) in [4.78, 5) is 38.8. The third-order valence-corrected chi connectivity index (χ3v) is 5.85. The van der Waals surface area contributed by atoms with E-state index in [9.17, 15) is 19.5 Å². The first-order valence-corrected chi connectivity index (χ1v) is 10.6. The fourth-order valence-corrected chi connectivity index (χ4v) is 3.60. The lowest BCUT2D eigenvalue weighted by molar-refractivity contribution is -0.120. The summed E-state index contributed by atoms with van der Waals surface area (Å²) in [5.74, 6) is -1.86. The summed E-state index contributed by atoms with van der Waals surface area (Å²) >= 11 is 18.0. The number of para-hydroxylation sites is 2. The molecule has 0 radical (unpaired) electrons. The molecule has 0 bridgehead atoms. The van der Waals surface area contributed by atoms with Crippen LogP contribution in [0.25, 0.3) is 0 Å². The van der Waals surface area contributed by atoms with Crippen LogP contribution in [0.15, 0.2) is 77.5 Å². The molecule has 0 unspecified atom stereocenters. The number of nitrogens with one attached hydrogen (secondary N) is 2. The Balaban J connectivity index is 1.50. The van der Waals surface area contributed by atoms with Gasteiger partial charge in [-0.2, -0.15) is 0 Å². The van der Waals surface area contributed by atoms with Crippen LogP contribution in [-0.4, -0.2) is 22.8 Å². The number of rotatable bonds is 5. The van der Waals surface area contributed by atoms with E-state index in [2.05, 4.69) is 10.6 Å². The van der Waals surface area contributed by atoms with Crippen LogP contribution < -0.4 is 15.5 Å². The van der Waals surface area contributed by atoms with Crippen LogP contribution >= 0.6 is 34.8 Å². The normalized spacial score (nSPS) is 13.5. The average Bonchev–Trinajstić information content (AvgIpc) is 3.01. The van der Waals surface area contributed by atoms with Crippen molar-refractivity contribution < 1.29 is 19.5 Å². The number of benzene rings is 3. The van der Waals surface area contributed by atoms with Gasteiger partial charge >= 0.3 is 0 Å². The molecule has 1 heterocycles. The van der Waals surface area contributed by atoms with E-state index in [1.807, 2.05) is 0 Å². The highest BCUT2D eigenvalue weighted by atomic mass is 35.5. The Morgan fingerprint density at radius 3 is 2.21 bits per heavy atom. The van der Waals surface area contributed by atoms with Crippen molar-refractivity contribution in [1.29, 1.82) is 0 Å². The van der Waals surface area contributed by atoms with Gasteiger partial charge in [0.15, 0.2) is 0 Å². The molecule has 3 amide bonds.